The van der Waals surface area contributed by atoms with Crippen molar-refractivity contribution in [1.29, 1.82) is 0 Å². The number of nitrogens with zero attached hydrogens (tertiary/aromatic N) is 1. The van der Waals surface area contributed by atoms with Crippen molar-refractivity contribution in [2.75, 3.05) is 13.7 Å². The molecule has 1 aliphatic rings. The standard InChI is InChI=1S/C13H20N4O7/c1-23-5-7(19)10(20)11-9(16-2-3-18)6(17-13(14)15)4-8(24-11)12(21)22/h2,4,6-7,9-11,16,19-20H,5H2,1H3,(H,21,22)(H4,14,15,17). The largest absolute Gasteiger partial charge is 0.478 e. The number of carbonyl (C=O) groups is 1. The maximum atomic E-state index is 11.2. The number of methoxy groups -OCH3 is 1. The van der Waals surface area contributed by atoms with Crippen molar-refractivity contribution in [3.8, 4) is 0 Å². The first-order chi connectivity index (χ1) is 11.3. The molecule has 0 aliphatic carbocycles. The number of aliphatic hydroxyl groups excluding tert-OH is 2. The number of hydrogen-bond acceptors (Lipinski definition) is 8. The number of nitrogens with one attached hydrogen (secondary N) is 1. The predicted octanol–water partition coefficient (Wildman–Crippen LogP) is -3.33. The molecule has 24 heavy (non-hydrogen) atoms. The number of aliphatic hydroxyl groups is 2. The third kappa shape index (κ3) is 4.96. The van der Waals surface area contributed by atoms with E-state index in [0.29, 0.717) is 0 Å². The van der Waals surface area contributed by atoms with Crippen LogP contribution in [0.3, 0.4) is 0 Å². The van der Waals surface area contributed by atoms with Gasteiger partial charge in [0.1, 0.15) is 24.3 Å². The Balaban J connectivity index is 3.25. The number of aliphatic carboxylic acids is 1. The van der Waals surface area contributed by atoms with Crippen molar-refractivity contribution in [2.45, 2.75) is 30.4 Å². The molecule has 5 unspecified atom stereocenters. The second-order valence-electron chi connectivity index (χ2n) is 4.93. The number of ether oxygens (including phenoxy) is 2. The molecule has 0 saturated heterocycles. The van der Waals surface area contributed by atoms with E-state index in [0.717, 1.165) is 12.3 Å². The topological polar surface area (TPSA) is 190 Å². The first-order valence-corrected chi connectivity index (χ1v) is 6.82. The van der Waals surface area contributed by atoms with Gasteiger partial charge < -0.3 is 41.6 Å². The molecule has 0 spiro atoms. The lowest BCUT2D eigenvalue weighted by Crippen LogP contribution is -2.58. The minimum Gasteiger partial charge on any atom is -0.478 e. The summed E-state index contributed by atoms with van der Waals surface area (Å²) in [5, 5.41) is 31.8. The molecule has 134 valence electrons. The van der Waals surface area contributed by atoms with Gasteiger partial charge in [-0.25, -0.2) is 14.6 Å². The predicted molar refractivity (Wildman–Crippen MR) is 81.3 cm³/mol. The van der Waals surface area contributed by atoms with Crippen molar-refractivity contribution in [2.24, 2.45) is 16.5 Å². The van der Waals surface area contributed by atoms with E-state index in [1.807, 2.05) is 0 Å². The van der Waals surface area contributed by atoms with Crippen LogP contribution in [0.4, 0.5) is 0 Å². The highest BCUT2D eigenvalue weighted by Crippen LogP contribution is 2.24. The highest BCUT2D eigenvalue weighted by atomic mass is 16.5. The molecule has 0 saturated carbocycles. The molecule has 0 fully saturated rings. The zero-order chi connectivity index (χ0) is 18.3. The first kappa shape index (κ1) is 19.5. The number of carboxylic acid groups (broad SMARTS) is 1. The summed E-state index contributed by atoms with van der Waals surface area (Å²) in [5.41, 5.74) is 10.7. The molecule has 0 aromatic carbocycles. The van der Waals surface area contributed by atoms with Crippen LogP contribution in [0.15, 0.2) is 23.0 Å². The van der Waals surface area contributed by atoms with Gasteiger partial charge in [0.05, 0.1) is 24.9 Å². The molecule has 1 aliphatic heterocycles. The summed E-state index contributed by atoms with van der Waals surface area (Å²) in [6.45, 7) is -0.226. The normalized spacial score (nSPS) is 25.3. The van der Waals surface area contributed by atoms with Crippen LogP contribution in [0, 0.1) is 0 Å². The van der Waals surface area contributed by atoms with E-state index in [-0.39, 0.29) is 12.6 Å². The molecule has 0 bridgehead atoms. The van der Waals surface area contributed by atoms with Gasteiger partial charge in [-0.05, 0) is 6.08 Å². The van der Waals surface area contributed by atoms with E-state index in [2.05, 4.69) is 10.3 Å². The lowest BCUT2D eigenvalue weighted by molar-refractivity contribution is -0.145. The van der Waals surface area contributed by atoms with Crippen LogP contribution in [0.2, 0.25) is 0 Å². The van der Waals surface area contributed by atoms with Crippen LogP contribution < -0.4 is 16.8 Å². The van der Waals surface area contributed by atoms with Gasteiger partial charge in [-0.1, -0.05) is 0 Å². The molecule has 1 rings (SSSR count). The average molecular weight is 344 g/mol. The lowest BCUT2D eigenvalue weighted by Gasteiger charge is -2.38. The third-order valence-electron chi connectivity index (χ3n) is 3.22. The monoisotopic (exact) mass is 344 g/mol. The molecule has 8 N–H and O–H groups in total. The Kier molecular flexibility index (Phi) is 7.21. The minimum atomic E-state index is -1.55. The van der Waals surface area contributed by atoms with Gasteiger partial charge in [0.25, 0.3) is 0 Å². The van der Waals surface area contributed by atoms with Crippen LogP contribution in [-0.4, -0.2) is 77.3 Å². The van der Waals surface area contributed by atoms with Gasteiger partial charge in [-0.3, -0.25) is 0 Å². The minimum absolute atomic E-state index is 0.226. The summed E-state index contributed by atoms with van der Waals surface area (Å²) in [4.78, 5) is 25.5. The van der Waals surface area contributed by atoms with Gasteiger partial charge in [0, 0.05) is 7.11 Å². The SMILES string of the molecule is COCC(O)C(O)C1OC(C(=O)O)=CC(N=C(N)N)C1NC=C=O. The summed E-state index contributed by atoms with van der Waals surface area (Å²) < 4.78 is 9.97. The number of carboxylic acids is 1. The Morgan fingerprint density at radius 2 is 2.25 bits per heavy atom. The van der Waals surface area contributed by atoms with Gasteiger partial charge in [0.15, 0.2) is 5.96 Å². The number of carbonyl (C=O) groups excluding carboxylic acids is 1. The third-order valence-corrected chi connectivity index (χ3v) is 3.22. The molecule has 0 amide bonds. The first-order valence-electron chi connectivity index (χ1n) is 6.82. The second kappa shape index (κ2) is 8.89. The molecule has 11 nitrogen and oxygen atoms in total. The number of aliphatic imine (C=N–C) groups is 1. The molecule has 0 aromatic heterocycles. The fourth-order valence-electron chi connectivity index (χ4n) is 2.22. The van der Waals surface area contributed by atoms with E-state index < -0.39 is 42.1 Å². The highest BCUT2D eigenvalue weighted by Gasteiger charge is 2.43. The van der Waals surface area contributed by atoms with Crippen molar-refractivity contribution < 1.29 is 34.4 Å². The summed E-state index contributed by atoms with van der Waals surface area (Å²) >= 11 is 0. The van der Waals surface area contributed by atoms with Crippen LogP contribution in [0.25, 0.3) is 0 Å². The Morgan fingerprint density at radius 1 is 1.58 bits per heavy atom. The van der Waals surface area contributed by atoms with Crippen LogP contribution in [0.1, 0.15) is 0 Å². The Morgan fingerprint density at radius 3 is 2.75 bits per heavy atom. The van der Waals surface area contributed by atoms with Crippen LogP contribution in [0.5, 0.6) is 0 Å². The summed E-state index contributed by atoms with van der Waals surface area (Å²) in [5.74, 6) is -0.776. The molecule has 0 radical (unpaired) electrons. The number of guanidine groups is 1. The molecule has 0 aromatic rings. The molecular formula is C13H20N4O7. The van der Waals surface area contributed by atoms with Crippen molar-refractivity contribution >= 4 is 17.9 Å². The maximum Gasteiger partial charge on any atom is 0.370 e. The fourth-order valence-corrected chi connectivity index (χ4v) is 2.22. The molecule has 1 heterocycles. The van der Waals surface area contributed by atoms with Crippen molar-refractivity contribution in [1.82, 2.24) is 5.32 Å². The quantitative estimate of drug-likeness (QED) is 0.147. The van der Waals surface area contributed by atoms with Gasteiger partial charge in [-0.2, -0.15) is 0 Å². The van der Waals surface area contributed by atoms with Crippen molar-refractivity contribution in [3.05, 3.63) is 18.0 Å². The van der Waals surface area contributed by atoms with E-state index in [9.17, 15) is 19.8 Å². The Bertz CT molecular complexity index is 555. The van der Waals surface area contributed by atoms with Gasteiger partial charge >= 0.3 is 5.97 Å². The summed E-state index contributed by atoms with van der Waals surface area (Å²) in [7, 11) is 1.31. The fraction of sp³-hybridized carbons (Fsp3) is 0.538. The molecule has 11 heteroatoms. The van der Waals surface area contributed by atoms with E-state index in [1.165, 1.54) is 13.1 Å². The summed E-state index contributed by atoms with van der Waals surface area (Å²) in [6, 6.07) is -1.92. The highest BCUT2D eigenvalue weighted by molar-refractivity contribution is 5.85. The van der Waals surface area contributed by atoms with Crippen LogP contribution in [-0.2, 0) is 19.1 Å². The number of nitrogens with two attached hydrogens (primary N) is 2. The second-order valence-corrected chi connectivity index (χ2v) is 4.93. The molecule has 5 atom stereocenters. The van der Waals surface area contributed by atoms with Gasteiger partial charge in [0.2, 0.25) is 5.76 Å². The zero-order valence-corrected chi connectivity index (χ0v) is 12.8. The Labute approximate surface area is 137 Å². The van der Waals surface area contributed by atoms with E-state index >= 15 is 0 Å². The number of rotatable bonds is 8. The van der Waals surface area contributed by atoms with Crippen LogP contribution >= 0.6 is 0 Å². The Hall–Kier alpha value is -2.59. The average Bonchev–Trinajstić information content (AvgIpc) is 2.51. The number of hydrogen-bond donors (Lipinski definition) is 6. The van der Waals surface area contributed by atoms with Gasteiger partial charge in [-0.15, -0.1) is 0 Å². The molecular weight excluding hydrogens is 324 g/mol. The van der Waals surface area contributed by atoms with Crippen molar-refractivity contribution in [3.63, 3.8) is 0 Å². The van der Waals surface area contributed by atoms with E-state index in [1.54, 1.807) is 0 Å². The summed E-state index contributed by atoms with van der Waals surface area (Å²) in [6.07, 6.45) is -2.21. The van der Waals surface area contributed by atoms with E-state index in [4.69, 9.17) is 26.0 Å². The smallest absolute Gasteiger partial charge is 0.370 e. The zero-order valence-electron chi connectivity index (χ0n) is 12.8. The lowest BCUT2D eigenvalue weighted by atomic mass is 9.92. The maximum absolute atomic E-state index is 11.2.